The molecule has 0 spiro atoms. The molecule has 0 atom stereocenters. The lowest BCUT2D eigenvalue weighted by Crippen LogP contribution is -2.36. The maximum atomic E-state index is 12.0. The molecule has 2 aromatic rings. The summed E-state index contributed by atoms with van der Waals surface area (Å²) in [7, 11) is 1.73. The molecule has 0 aliphatic carbocycles. The van der Waals surface area contributed by atoms with Crippen LogP contribution in [-0.4, -0.2) is 25.5 Å². The monoisotopic (exact) mass is 536 g/mol. The van der Waals surface area contributed by atoms with Crippen molar-refractivity contribution in [1.29, 1.82) is 0 Å². The topological polar surface area (TPSA) is 74.8 Å². The van der Waals surface area contributed by atoms with E-state index in [1.807, 2.05) is 62.4 Å². The number of hydrogen-bond donors (Lipinski definition) is 3. The van der Waals surface area contributed by atoms with Crippen LogP contribution in [0.2, 0.25) is 0 Å². The number of ether oxygens (including phenoxy) is 1. The van der Waals surface area contributed by atoms with E-state index in [1.165, 1.54) is 0 Å². The highest BCUT2D eigenvalue weighted by atomic mass is 127. The molecule has 2 aromatic carbocycles. The second-order valence-corrected chi connectivity index (χ2v) is 7.33. The third-order valence-corrected chi connectivity index (χ3v) is 4.26. The van der Waals surface area contributed by atoms with E-state index in [2.05, 4.69) is 27.5 Å². The zero-order valence-corrected chi connectivity index (χ0v) is 20.8. The zero-order chi connectivity index (χ0) is 21.8. The largest absolute Gasteiger partial charge is 0.489 e. The second kappa shape index (κ2) is 14.5. The first-order valence-corrected chi connectivity index (χ1v) is 10.2. The van der Waals surface area contributed by atoms with Crippen LogP contribution in [0.15, 0.2) is 66.2 Å². The third kappa shape index (κ3) is 9.87. The lowest BCUT2D eigenvalue weighted by Gasteiger charge is -2.15. The Morgan fingerprint density at radius 1 is 1.13 bits per heavy atom. The molecule has 3 N–H and O–H groups in total. The van der Waals surface area contributed by atoms with Gasteiger partial charge in [0.1, 0.15) is 12.4 Å². The van der Waals surface area contributed by atoms with Gasteiger partial charge in [0.15, 0.2) is 5.96 Å². The summed E-state index contributed by atoms with van der Waals surface area (Å²) in [4.78, 5) is 16.3. The number of nitrogens with zero attached hydrogens (tertiary/aromatic N) is 1. The standard InChI is InChI=1S/C24H32N4O2.HI/c1-5-13-30-22-12-7-6-10-20(22)17-27-24(25-4)26-16-19-9-8-11-21(15-19)28-23(29)14-18(2)3;/h5-12,15,18H,1,13-14,16-17H2,2-4H3,(H,28,29)(H2,25,26,27);1H. The molecule has 2 rings (SSSR count). The number of anilines is 1. The molecule has 0 fully saturated rings. The van der Waals surface area contributed by atoms with Gasteiger partial charge < -0.3 is 20.7 Å². The van der Waals surface area contributed by atoms with E-state index >= 15 is 0 Å². The summed E-state index contributed by atoms with van der Waals surface area (Å²) in [6.07, 6.45) is 2.24. The Morgan fingerprint density at radius 2 is 1.87 bits per heavy atom. The highest BCUT2D eigenvalue weighted by Crippen LogP contribution is 2.17. The van der Waals surface area contributed by atoms with Gasteiger partial charge in [-0.05, 0) is 29.7 Å². The van der Waals surface area contributed by atoms with Gasteiger partial charge in [-0.25, -0.2) is 0 Å². The minimum absolute atomic E-state index is 0. The maximum absolute atomic E-state index is 12.0. The molecular weight excluding hydrogens is 503 g/mol. The Kier molecular flexibility index (Phi) is 12.3. The van der Waals surface area contributed by atoms with E-state index in [0.717, 1.165) is 22.6 Å². The normalized spacial score (nSPS) is 10.8. The first-order valence-electron chi connectivity index (χ1n) is 10.2. The van der Waals surface area contributed by atoms with Crippen molar-refractivity contribution >= 4 is 41.5 Å². The van der Waals surface area contributed by atoms with E-state index in [4.69, 9.17) is 4.74 Å². The summed E-state index contributed by atoms with van der Waals surface area (Å²) >= 11 is 0. The highest BCUT2D eigenvalue weighted by Gasteiger charge is 2.07. The molecule has 7 heteroatoms. The van der Waals surface area contributed by atoms with E-state index in [1.54, 1.807) is 13.1 Å². The molecule has 6 nitrogen and oxygen atoms in total. The number of benzene rings is 2. The van der Waals surface area contributed by atoms with Crippen molar-refractivity contribution in [2.24, 2.45) is 10.9 Å². The van der Waals surface area contributed by atoms with Crippen LogP contribution in [0.25, 0.3) is 0 Å². The first-order chi connectivity index (χ1) is 14.5. The fraction of sp³-hybridized carbons (Fsp3) is 0.333. The quantitative estimate of drug-likeness (QED) is 0.178. The Morgan fingerprint density at radius 3 is 2.58 bits per heavy atom. The fourth-order valence-electron chi connectivity index (χ4n) is 2.87. The second-order valence-electron chi connectivity index (χ2n) is 7.33. The average molecular weight is 536 g/mol. The van der Waals surface area contributed by atoms with Gasteiger partial charge in [0.2, 0.25) is 5.91 Å². The lowest BCUT2D eigenvalue weighted by molar-refractivity contribution is -0.116. The molecule has 0 aromatic heterocycles. The summed E-state index contributed by atoms with van der Waals surface area (Å²) in [6.45, 7) is 9.38. The predicted molar refractivity (Wildman–Crippen MR) is 139 cm³/mol. The summed E-state index contributed by atoms with van der Waals surface area (Å²) in [6, 6.07) is 15.7. The molecule has 0 saturated carbocycles. The smallest absolute Gasteiger partial charge is 0.224 e. The zero-order valence-electron chi connectivity index (χ0n) is 18.5. The molecule has 1 amide bonds. The number of carbonyl (C=O) groups is 1. The van der Waals surface area contributed by atoms with Crippen molar-refractivity contribution in [2.75, 3.05) is 19.0 Å². The Bertz CT molecular complexity index is 868. The van der Waals surface area contributed by atoms with Crippen LogP contribution in [0.3, 0.4) is 0 Å². The number of amides is 1. The van der Waals surface area contributed by atoms with Crippen molar-refractivity contribution in [2.45, 2.75) is 33.4 Å². The van der Waals surface area contributed by atoms with Crippen molar-refractivity contribution in [3.05, 3.63) is 72.3 Å². The van der Waals surface area contributed by atoms with Crippen LogP contribution in [-0.2, 0) is 17.9 Å². The van der Waals surface area contributed by atoms with Gasteiger partial charge in [-0.1, -0.05) is 56.8 Å². The van der Waals surface area contributed by atoms with E-state index in [-0.39, 0.29) is 29.9 Å². The minimum Gasteiger partial charge on any atom is -0.489 e. The van der Waals surface area contributed by atoms with Crippen molar-refractivity contribution in [3.8, 4) is 5.75 Å². The summed E-state index contributed by atoms with van der Waals surface area (Å²) < 4.78 is 5.70. The van der Waals surface area contributed by atoms with E-state index < -0.39 is 0 Å². The number of hydrogen-bond acceptors (Lipinski definition) is 3. The number of aliphatic imine (C=N–C) groups is 1. The van der Waals surface area contributed by atoms with Crippen LogP contribution >= 0.6 is 24.0 Å². The van der Waals surface area contributed by atoms with Crippen molar-refractivity contribution in [3.63, 3.8) is 0 Å². The maximum Gasteiger partial charge on any atom is 0.224 e. The van der Waals surface area contributed by atoms with Gasteiger partial charge in [0, 0.05) is 37.8 Å². The highest BCUT2D eigenvalue weighted by molar-refractivity contribution is 14.0. The number of guanidine groups is 1. The van der Waals surface area contributed by atoms with Crippen LogP contribution in [0, 0.1) is 5.92 Å². The van der Waals surface area contributed by atoms with Crippen molar-refractivity contribution in [1.82, 2.24) is 10.6 Å². The van der Waals surface area contributed by atoms with Crippen LogP contribution in [0.4, 0.5) is 5.69 Å². The number of para-hydroxylation sites is 1. The SMILES string of the molecule is C=CCOc1ccccc1CNC(=NC)NCc1cccc(NC(=O)CC(C)C)c1.I. The number of nitrogens with one attached hydrogen (secondary N) is 3. The van der Waals surface area contributed by atoms with Gasteiger partial charge >= 0.3 is 0 Å². The predicted octanol–water partition coefficient (Wildman–Crippen LogP) is 4.72. The summed E-state index contributed by atoms with van der Waals surface area (Å²) in [5.74, 6) is 1.87. The molecule has 0 aliphatic heterocycles. The average Bonchev–Trinajstić information content (AvgIpc) is 2.72. The molecule has 0 unspecified atom stereocenters. The molecule has 0 radical (unpaired) electrons. The molecule has 31 heavy (non-hydrogen) atoms. The Balaban J connectivity index is 0.00000480. The number of halogens is 1. The van der Waals surface area contributed by atoms with Gasteiger partial charge in [0.25, 0.3) is 0 Å². The van der Waals surface area contributed by atoms with Crippen LogP contribution in [0.1, 0.15) is 31.4 Å². The van der Waals surface area contributed by atoms with Crippen LogP contribution in [0.5, 0.6) is 5.75 Å². The van der Waals surface area contributed by atoms with Gasteiger partial charge in [-0.15, -0.1) is 24.0 Å². The van der Waals surface area contributed by atoms with E-state index in [0.29, 0.717) is 38.0 Å². The van der Waals surface area contributed by atoms with E-state index in [9.17, 15) is 4.79 Å². The Labute approximate surface area is 202 Å². The number of carbonyl (C=O) groups excluding carboxylic acids is 1. The summed E-state index contributed by atoms with van der Waals surface area (Å²) in [5, 5.41) is 9.56. The molecule has 0 heterocycles. The van der Waals surface area contributed by atoms with Gasteiger partial charge in [0.05, 0.1) is 0 Å². The molecule has 0 aliphatic rings. The Hall–Kier alpha value is -2.55. The van der Waals surface area contributed by atoms with Crippen LogP contribution < -0.4 is 20.7 Å². The molecular formula is C24H33IN4O2. The van der Waals surface area contributed by atoms with Gasteiger partial charge in [-0.3, -0.25) is 9.79 Å². The lowest BCUT2D eigenvalue weighted by atomic mass is 10.1. The number of rotatable bonds is 10. The molecule has 168 valence electrons. The molecule has 0 bridgehead atoms. The summed E-state index contributed by atoms with van der Waals surface area (Å²) in [5.41, 5.74) is 2.89. The van der Waals surface area contributed by atoms with Gasteiger partial charge in [-0.2, -0.15) is 0 Å². The first kappa shape index (κ1) is 26.5. The van der Waals surface area contributed by atoms with Crippen molar-refractivity contribution < 1.29 is 9.53 Å². The minimum atomic E-state index is 0. The molecule has 0 saturated heterocycles. The third-order valence-electron chi connectivity index (χ3n) is 4.26. The fourth-order valence-corrected chi connectivity index (χ4v) is 2.87.